The second kappa shape index (κ2) is 7.90. The smallest absolute Gasteiger partial charge is 0.308 e. The van der Waals surface area contributed by atoms with Gasteiger partial charge in [-0.15, -0.1) is 10.2 Å². The number of hydrogen-bond acceptors (Lipinski definition) is 4. The van der Waals surface area contributed by atoms with Crippen molar-refractivity contribution in [1.82, 2.24) is 10.2 Å². The average molecular weight is 359 g/mol. The van der Waals surface area contributed by atoms with Crippen molar-refractivity contribution < 1.29 is 4.79 Å². The number of benzene rings is 2. The number of halogens is 1. The summed E-state index contributed by atoms with van der Waals surface area (Å²) >= 11 is 7.26. The first-order valence-electron chi connectivity index (χ1n) is 7.39. The lowest BCUT2D eigenvalue weighted by Gasteiger charge is -2.04. The fourth-order valence-corrected chi connectivity index (χ4v) is 3.05. The van der Waals surface area contributed by atoms with Gasteiger partial charge in [-0.2, -0.15) is 0 Å². The largest absolute Gasteiger partial charge is 0.325 e. The van der Waals surface area contributed by atoms with E-state index in [-0.39, 0.29) is 6.03 Å². The van der Waals surface area contributed by atoms with Gasteiger partial charge in [0.2, 0.25) is 5.13 Å². The molecule has 0 saturated heterocycles. The highest BCUT2D eigenvalue weighted by atomic mass is 35.5. The van der Waals surface area contributed by atoms with Gasteiger partial charge in [-0.1, -0.05) is 59.3 Å². The average Bonchev–Trinajstić information content (AvgIpc) is 3.01. The number of urea groups is 1. The molecule has 24 heavy (non-hydrogen) atoms. The second-order valence-corrected chi connectivity index (χ2v) is 6.57. The molecule has 3 rings (SSSR count). The number of rotatable bonds is 5. The Balaban J connectivity index is 1.53. The van der Waals surface area contributed by atoms with Gasteiger partial charge in [0.15, 0.2) is 0 Å². The Bertz CT molecular complexity index is 822. The number of nitrogens with one attached hydrogen (secondary N) is 2. The zero-order valence-electron chi connectivity index (χ0n) is 12.7. The highest BCUT2D eigenvalue weighted by Crippen LogP contribution is 2.19. The maximum Gasteiger partial charge on any atom is 0.325 e. The Morgan fingerprint density at radius 1 is 1.00 bits per heavy atom. The van der Waals surface area contributed by atoms with Gasteiger partial charge in [0, 0.05) is 17.1 Å². The Labute approximate surface area is 148 Å². The highest BCUT2D eigenvalue weighted by molar-refractivity contribution is 7.15. The van der Waals surface area contributed by atoms with E-state index in [1.54, 1.807) is 24.3 Å². The van der Waals surface area contributed by atoms with Gasteiger partial charge >= 0.3 is 6.03 Å². The van der Waals surface area contributed by atoms with E-state index in [1.165, 1.54) is 16.9 Å². The standard InChI is InChI=1S/C17H15ClN4OS/c18-13-7-4-8-14(11-13)19-16(23)20-17-22-21-15(24-17)10-9-12-5-2-1-3-6-12/h1-8,11H,9-10H2,(H2,19,20,22,23). The van der Waals surface area contributed by atoms with Gasteiger partial charge in [0.05, 0.1) is 0 Å². The van der Waals surface area contributed by atoms with E-state index in [1.807, 2.05) is 18.2 Å². The first kappa shape index (κ1) is 16.4. The van der Waals surface area contributed by atoms with Crippen LogP contribution < -0.4 is 10.6 Å². The van der Waals surface area contributed by atoms with Gasteiger partial charge in [0.1, 0.15) is 5.01 Å². The van der Waals surface area contributed by atoms with Crippen molar-refractivity contribution in [2.45, 2.75) is 12.8 Å². The molecule has 0 saturated carbocycles. The van der Waals surface area contributed by atoms with Crippen molar-refractivity contribution >= 4 is 39.8 Å². The third-order valence-corrected chi connectivity index (χ3v) is 4.37. The maximum atomic E-state index is 12.0. The normalized spacial score (nSPS) is 10.4. The summed E-state index contributed by atoms with van der Waals surface area (Å²) in [5.74, 6) is 0. The van der Waals surface area contributed by atoms with Crippen molar-refractivity contribution in [1.29, 1.82) is 0 Å². The van der Waals surface area contributed by atoms with E-state index in [0.29, 0.717) is 15.8 Å². The van der Waals surface area contributed by atoms with Crippen LogP contribution in [0.3, 0.4) is 0 Å². The lowest BCUT2D eigenvalue weighted by atomic mass is 10.1. The first-order valence-corrected chi connectivity index (χ1v) is 8.58. The van der Waals surface area contributed by atoms with Crippen LogP contribution in [0, 0.1) is 0 Å². The molecule has 0 aliphatic heterocycles. The van der Waals surface area contributed by atoms with Gasteiger partial charge in [0.25, 0.3) is 0 Å². The molecule has 7 heteroatoms. The molecule has 0 unspecified atom stereocenters. The van der Waals surface area contributed by atoms with Crippen molar-refractivity contribution in [3.8, 4) is 0 Å². The lowest BCUT2D eigenvalue weighted by molar-refractivity contribution is 0.262. The Kier molecular flexibility index (Phi) is 5.40. The maximum absolute atomic E-state index is 12.0. The SMILES string of the molecule is O=C(Nc1cccc(Cl)c1)Nc1nnc(CCc2ccccc2)s1. The zero-order valence-corrected chi connectivity index (χ0v) is 14.3. The number of aryl methyl sites for hydroxylation is 2. The fourth-order valence-electron chi connectivity index (χ4n) is 2.13. The van der Waals surface area contributed by atoms with Crippen LogP contribution in [0.25, 0.3) is 0 Å². The number of carbonyl (C=O) groups excluding carboxylic acids is 1. The Hall–Kier alpha value is -2.44. The van der Waals surface area contributed by atoms with E-state index in [4.69, 9.17) is 11.6 Å². The topological polar surface area (TPSA) is 66.9 Å². The number of nitrogens with zero attached hydrogens (tertiary/aromatic N) is 2. The summed E-state index contributed by atoms with van der Waals surface area (Å²) < 4.78 is 0. The van der Waals surface area contributed by atoms with Gasteiger partial charge < -0.3 is 5.32 Å². The predicted octanol–water partition coefficient (Wildman–Crippen LogP) is 4.62. The Morgan fingerprint density at radius 3 is 2.62 bits per heavy atom. The van der Waals surface area contributed by atoms with Gasteiger partial charge in [-0.05, 0) is 30.2 Å². The highest BCUT2D eigenvalue weighted by Gasteiger charge is 2.08. The molecule has 1 heterocycles. The van der Waals surface area contributed by atoms with Crippen LogP contribution in [0.5, 0.6) is 0 Å². The van der Waals surface area contributed by atoms with Gasteiger partial charge in [-0.3, -0.25) is 5.32 Å². The molecule has 2 N–H and O–H groups in total. The summed E-state index contributed by atoms with van der Waals surface area (Å²) in [4.78, 5) is 12.0. The Morgan fingerprint density at radius 2 is 1.83 bits per heavy atom. The summed E-state index contributed by atoms with van der Waals surface area (Å²) in [5.41, 5.74) is 1.87. The molecule has 0 atom stereocenters. The van der Waals surface area contributed by atoms with Crippen LogP contribution in [-0.4, -0.2) is 16.2 Å². The van der Waals surface area contributed by atoms with Crippen LogP contribution in [0.4, 0.5) is 15.6 Å². The number of aromatic nitrogens is 2. The lowest BCUT2D eigenvalue weighted by Crippen LogP contribution is -2.19. The first-order chi connectivity index (χ1) is 11.7. The third-order valence-electron chi connectivity index (χ3n) is 3.24. The molecule has 0 bridgehead atoms. The summed E-state index contributed by atoms with van der Waals surface area (Å²) in [5, 5.41) is 15.4. The number of amides is 2. The van der Waals surface area contributed by atoms with Crippen molar-refractivity contribution in [2.24, 2.45) is 0 Å². The minimum atomic E-state index is -0.372. The van der Waals surface area contributed by atoms with Crippen LogP contribution >= 0.6 is 22.9 Å². The number of carbonyl (C=O) groups is 1. The molecule has 2 amide bonds. The fraction of sp³-hybridized carbons (Fsp3) is 0.118. The molecular formula is C17H15ClN4OS. The second-order valence-electron chi connectivity index (χ2n) is 5.08. The molecule has 1 aromatic heterocycles. The summed E-state index contributed by atoms with van der Waals surface area (Å²) in [7, 11) is 0. The number of hydrogen-bond donors (Lipinski definition) is 2. The molecule has 0 radical (unpaired) electrons. The van der Waals surface area contributed by atoms with E-state index in [0.717, 1.165) is 17.8 Å². The van der Waals surface area contributed by atoms with E-state index in [2.05, 4.69) is 33.0 Å². The quantitative estimate of drug-likeness (QED) is 0.699. The molecule has 0 spiro atoms. The predicted molar refractivity (Wildman–Crippen MR) is 97.9 cm³/mol. The van der Waals surface area contributed by atoms with E-state index < -0.39 is 0 Å². The zero-order chi connectivity index (χ0) is 16.8. The van der Waals surface area contributed by atoms with Crippen LogP contribution in [0.1, 0.15) is 10.6 Å². The monoisotopic (exact) mass is 358 g/mol. The molecule has 2 aromatic carbocycles. The minimum absolute atomic E-state index is 0.372. The molecule has 122 valence electrons. The van der Waals surface area contributed by atoms with Crippen LogP contribution in [-0.2, 0) is 12.8 Å². The van der Waals surface area contributed by atoms with Crippen molar-refractivity contribution in [3.63, 3.8) is 0 Å². The minimum Gasteiger partial charge on any atom is -0.308 e. The van der Waals surface area contributed by atoms with Crippen molar-refractivity contribution in [2.75, 3.05) is 10.6 Å². The van der Waals surface area contributed by atoms with E-state index >= 15 is 0 Å². The summed E-state index contributed by atoms with van der Waals surface area (Å²) in [6.45, 7) is 0. The third kappa shape index (κ3) is 4.78. The van der Waals surface area contributed by atoms with Crippen LogP contribution in [0.2, 0.25) is 5.02 Å². The van der Waals surface area contributed by atoms with Gasteiger partial charge in [-0.25, -0.2) is 4.79 Å². The number of anilines is 2. The van der Waals surface area contributed by atoms with Crippen LogP contribution in [0.15, 0.2) is 54.6 Å². The molecule has 0 aliphatic rings. The molecular weight excluding hydrogens is 344 g/mol. The molecule has 5 nitrogen and oxygen atoms in total. The molecule has 0 fully saturated rings. The molecule has 3 aromatic rings. The van der Waals surface area contributed by atoms with Crippen molar-refractivity contribution in [3.05, 3.63) is 70.2 Å². The summed E-state index contributed by atoms with van der Waals surface area (Å²) in [6.07, 6.45) is 1.68. The molecule has 0 aliphatic carbocycles. The summed E-state index contributed by atoms with van der Waals surface area (Å²) in [6, 6.07) is 16.8. The van der Waals surface area contributed by atoms with E-state index in [9.17, 15) is 4.79 Å².